The van der Waals surface area contributed by atoms with Gasteiger partial charge in [0.1, 0.15) is 12.2 Å². The van der Waals surface area contributed by atoms with Gasteiger partial charge >= 0.3 is 19.8 Å². The topological polar surface area (TPSA) is 149 Å². The number of esters is 2. The van der Waals surface area contributed by atoms with E-state index in [4.69, 9.17) is 18.5 Å². The second kappa shape index (κ2) is 37.0. The predicted molar refractivity (Wildman–Crippen MR) is 205 cm³/mol. The molecule has 0 heterocycles. The zero-order chi connectivity index (χ0) is 37.7. The Morgan fingerprint density at radius 3 is 1.20 bits per heavy atom. The summed E-state index contributed by atoms with van der Waals surface area (Å²) in [4.78, 5) is 34.4. The number of aliphatic hydroxyl groups is 2. The van der Waals surface area contributed by atoms with Gasteiger partial charge in [-0.3, -0.25) is 18.6 Å². The second-order valence-corrected chi connectivity index (χ2v) is 15.4. The first-order chi connectivity index (χ1) is 24.8. The Balaban J connectivity index is 3.89. The van der Waals surface area contributed by atoms with Gasteiger partial charge in [-0.05, 0) is 32.1 Å². The van der Waals surface area contributed by atoms with Crippen molar-refractivity contribution >= 4 is 19.8 Å². The van der Waals surface area contributed by atoms with Gasteiger partial charge in [0.2, 0.25) is 0 Å². The van der Waals surface area contributed by atoms with Gasteiger partial charge in [-0.1, -0.05) is 161 Å². The van der Waals surface area contributed by atoms with Crippen LogP contribution in [0.5, 0.6) is 0 Å². The van der Waals surface area contributed by atoms with Crippen LogP contribution in [0, 0.1) is 0 Å². The van der Waals surface area contributed by atoms with E-state index in [1.54, 1.807) is 0 Å². The van der Waals surface area contributed by atoms with Crippen LogP contribution in [0.15, 0.2) is 12.2 Å². The molecule has 0 aliphatic carbocycles. The third-order valence-corrected chi connectivity index (χ3v) is 9.91. The minimum Gasteiger partial charge on any atom is -0.457 e. The standard InChI is InChI=1S/C40H77O10P/c1-3-5-7-9-11-13-15-16-17-18-19-20-21-22-24-26-28-30-32-40(44)50-38(34-42)36-48-51(45,46)47-35-37(33-41)49-39(43)31-29-27-25-23-14-12-10-8-6-4-2/h8,10,37-38,41-42H,3-7,9,11-36H2,1-2H3,(H,45,46)/b10-8-. The van der Waals surface area contributed by atoms with Crippen LogP contribution in [0.3, 0.4) is 0 Å². The summed E-state index contributed by atoms with van der Waals surface area (Å²) in [5.74, 6) is -1.02. The maximum atomic E-state index is 12.3. The van der Waals surface area contributed by atoms with Crippen LogP contribution in [0.4, 0.5) is 0 Å². The normalized spacial score (nSPS) is 14.1. The summed E-state index contributed by atoms with van der Waals surface area (Å²) >= 11 is 0. The molecule has 0 radical (unpaired) electrons. The molecule has 51 heavy (non-hydrogen) atoms. The van der Waals surface area contributed by atoms with Gasteiger partial charge in [0.05, 0.1) is 26.4 Å². The fourth-order valence-electron chi connectivity index (χ4n) is 5.76. The zero-order valence-electron chi connectivity index (χ0n) is 32.6. The van der Waals surface area contributed by atoms with E-state index in [1.807, 2.05) is 0 Å². The first-order valence-electron chi connectivity index (χ1n) is 20.6. The van der Waals surface area contributed by atoms with Crippen LogP contribution in [0.25, 0.3) is 0 Å². The first kappa shape index (κ1) is 49.7. The number of aliphatic hydroxyl groups excluding tert-OH is 2. The summed E-state index contributed by atoms with van der Waals surface area (Å²) in [5, 5.41) is 19.1. The van der Waals surface area contributed by atoms with Crippen LogP contribution >= 0.6 is 7.82 Å². The quantitative estimate of drug-likeness (QED) is 0.0240. The van der Waals surface area contributed by atoms with E-state index in [1.165, 1.54) is 89.9 Å². The molecule has 0 saturated carbocycles. The molecule has 0 aromatic carbocycles. The maximum Gasteiger partial charge on any atom is 0.472 e. The van der Waals surface area contributed by atoms with Gasteiger partial charge in [0.15, 0.2) is 0 Å². The SMILES string of the molecule is CCC/C=C\CCCCCCCC(=O)OC(CO)COP(=O)(O)OCC(CO)OC(=O)CCCCCCCCCCCCCCCCCCCC. The number of rotatable bonds is 39. The number of phosphoric acid groups is 1. The molecule has 0 aromatic rings. The average molecular weight is 749 g/mol. The highest BCUT2D eigenvalue weighted by atomic mass is 31.2. The lowest BCUT2D eigenvalue weighted by atomic mass is 10.0. The van der Waals surface area contributed by atoms with Gasteiger partial charge in [-0.15, -0.1) is 0 Å². The molecular weight excluding hydrogens is 671 g/mol. The van der Waals surface area contributed by atoms with Crippen LogP contribution in [0.1, 0.15) is 194 Å². The van der Waals surface area contributed by atoms with E-state index in [0.29, 0.717) is 12.8 Å². The lowest BCUT2D eigenvalue weighted by Gasteiger charge is -2.20. The van der Waals surface area contributed by atoms with Crippen molar-refractivity contribution < 1.29 is 47.8 Å². The molecule has 0 aliphatic rings. The molecule has 0 saturated heterocycles. The number of allylic oxidation sites excluding steroid dienone is 2. The zero-order valence-corrected chi connectivity index (χ0v) is 33.5. The second-order valence-electron chi connectivity index (χ2n) is 14.0. The fraction of sp³-hybridized carbons (Fsp3) is 0.900. The average Bonchev–Trinajstić information content (AvgIpc) is 3.12. The van der Waals surface area contributed by atoms with E-state index in [-0.39, 0.29) is 12.8 Å². The fourth-order valence-corrected chi connectivity index (χ4v) is 6.55. The Hall–Kier alpha value is -1.29. The number of carbonyl (C=O) groups is 2. The molecule has 0 bridgehead atoms. The number of unbranched alkanes of at least 4 members (excludes halogenated alkanes) is 23. The van der Waals surface area contributed by atoms with Crippen LogP contribution in [-0.4, -0.2) is 65.7 Å². The molecule has 0 fully saturated rings. The van der Waals surface area contributed by atoms with Crippen LogP contribution in [-0.2, 0) is 32.7 Å². The number of carbonyl (C=O) groups excluding carboxylic acids is 2. The highest BCUT2D eigenvalue weighted by Crippen LogP contribution is 2.43. The number of hydrogen-bond acceptors (Lipinski definition) is 9. The van der Waals surface area contributed by atoms with E-state index < -0.39 is 58.4 Å². The van der Waals surface area contributed by atoms with Crippen molar-refractivity contribution in [3.8, 4) is 0 Å². The summed E-state index contributed by atoms with van der Waals surface area (Å²) in [6, 6.07) is 0. The Morgan fingerprint density at radius 1 is 0.510 bits per heavy atom. The van der Waals surface area contributed by atoms with Crippen molar-refractivity contribution in [3.05, 3.63) is 12.2 Å². The van der Waals surface area contributed by atoms with Gasteiger partial charge in [0.25, 0.3) is 0 Å². The van der Waals surface area contributed by atoms with Crippen molar-refractivity contribution in [2.24, 2.45) is 0 Å². The lowest BCUT2D eigenvalue weighted by molar-refractivity contribution is -0.153. The number of ether oxygens (including phenoxy) is 2. The molecule has 302 valence electrons. The summed E-state index contributed by atoms with van der Waals surface area (Å²) < 4.78 is 32.5. The van der Waals surface area contributed by atoms with Gasteiger partial charge < -0.3 is 24.6 Å². The number of phosphoric ester groups is 1. The third kappa shape index (κ3) is 35.5. The monoisotopic (exact) mass is 749 g/mol. The highest BCUT2D eigenvalue weighted by molar-refractivity contribution is 7.47. The van der Waals surface area contributed by atoms with Crippen molar-refractivity contribution in [1.29, 1.82) is 0 Å². The molecule has 0 aromatic heterocycles. The summed E-state index contributed by atoms with van der Waals surface area (Å²) in [6.45, 7) is 2.14. The highest BCUT2D eigenvalue weighted by Gasteiger charge is 2.27. The van der Waals surface area contributed by atoms with E-state index in [9.17, 15) is 29.3 Å². The minimum absolute atomic E-state index is 0.184. The molecule has 3 atom stereocenters. The van der Waals surface area contributed by atoms with Crippen molar-refractivity contribution in [3.63, 3.8) is 0 Å². The molecule has 3 unspecified atom stereocenters. The Labute approximate surface area is 311 Å². The maximum absolute atomic E-state index is 12.3. The molecule has 0 rings (SSSR count). The Kier molecular flexibility index (Phi) is 36.1. The molecular formula is C40H77O10P. The van der Waals surface area contributed by atoms with E-state index in [2.05, 4.69) is 26.0 Å². The smallest absolute Gasteiger partial charge is 0.457 e. The first-order valence-corrected chi connectivity index (χ1v) is 22.1. The van der Waals surface area contributed by atoms with Crippen LogP contribution in [0.2, 0.25) is 0 Å². The Morgan fingerprint density at radius 2 is 0.843 bits per heavy atom. The summed E-state index contributed by atoms with van der Waals surface area (Å²) in [5.41, 5.74) is 0. The largest absolute Gasteiger partial charge is 0.472 e. The lowest BCUT2D eigenvalue weighted by Crippen LogP contribution is -2.28. The molecule has 11 heteroatoms. The van der Waals surface area contributed by atoms with E-state index >= 15 is 0 Å². The van der Waals surface area contributed by atoms with Gasteiger partial charge in [0, 0.05) is 12.8 Å². The van der Waals surface area contributed by atoms with Crippen molar-refractivity contribution in [1.82, 2.24) is 0 Å². The minimum atomic E-state index is -4.63. The molecule has 10 nitrogen and oxygen atoms in total. The van der Waals surface area contributed by atoms with Gasteiger partial charge in [-0.25, -0.2) is 4.57 Å². The third-order valence-electron chi connectivity index (χ3n) is 8.96. The molecule has 0 amide bonds. The molecule has 0 aliphatic heterocycles. The summed E-state index contributed by atoms with van der Waals surface area (Å²) in [7, 11) is -4.63. The molecule has 0 spiro atoms. The summed E-state index contributed by atoms with van der Waals surface area (Å²) in [6.07, 6.45) is 33.4. The van der Waals surface area contributed by atoms with Crippen LogP contribution < -0.4 is 0 Å². The van der Waals surface area contributed by atoms with Crippen molar-refractivity contribution in [2.45, 2.75) is 206 Å². The van der Waals surface area contributed by atoms with E-state index in [0.717, 1.165) is 64.2 Å². The van der Waals surface area contributed by atoms with Crippen molar-refractivity contribution in [2.75, 3.05) is 26.4 Å². The number of hydrogen-bond donors (Lipinski definition) is 3. The molecule has 3 N–H and O–H groups in total. The Bertz CT molecular complexity index is 868. The predicted octanol–water partition coefficient (Wildman–Crippen LogP) is 10.4. The van der Waals surface area contributed by atoms with Gasteiger partial charge in [-0.2, -0.15) is 0 Å².